The highest BCUT2D eigenvalue weighted by atomic mass is 16.1. The van der Waals surface area contributed by atoms with Crippen molar-refractivity contribution in [2.24, 2.45) is 0 Å². The first-order chi connectivity index (χ1) is 10.3. The summed E-state index contributed by atoms with van der Waals surface area (Å²) in [7, 11) is 0. The third-order valence-corrected chi connectivity index (χ3v) is 3.72. The molecular formula is C16H26N4O. The van der Waals surface area contributed by atoms with Crippen molar-refractivity contribution < 1.29 is 4.79 Å². The van der Waals surface area contributed by atoms with Crippen molar-refractivity contribution in [1.29, 1.82) is 0 Å². The van der Waals surface area contributed by atoms with Gasteiger partial charge < -0.3 is 15.5 Å². The highest BCUT2D eigenvalue weighted by Gasteiger charge is 2.11. The van der Waals surface area contributed by atoms with Crippen molar-refractivity contribution in [1.82, 2.24) is 15.2 Å². The van der Waals surface area contributed by atoms with Gasteiger partial charge in [-0.25, -0.2) is 4.98 Å². The number of nitrogens with one attached hydrogen (secondary N) is 2. The van der Waals surface area contributed by atoms with Crippen LogP contribution in [0.4, 0.5) is 5.82 Å². The Labute approximate surface area is 127 Å². The molecule has 21 heavy (non-hydrogen) atoms. The number of carbonyl (C=O) groups excluding carboxylic acids is 1. The van der Waals surface area contributed by atoms with E-state index >= 15 is 0 Å². The standard InChI is InChI=1S/C16H26N4O/c1-2-8-17-15-7-6-14(13-19-15)16(21)18-9-5-12-20-10-3-4-11-20/h6-7,13H,2-5,8-12H2,1H3,(H,17,19)(H,18,21). The van der Waals surface area contributed by atoms with Crippen LogP contribution in [0.5, 0.6) is 0 Å². The number of hydrogen-bond donors (Lipinski definition) is 2. The lowest BCUT2D eigenvalue weighted by Gasteiger charge is -2.14. The number of rotatable bonds is 8. The summed E-state index contributed by atoms with van der Waals surface area (Å²) in [6, 6.07) is 3.68. The first-order valence-corrected chi connectivity index (χ1v) is 8.00. The average molecular weight is 290 g/mol. The summed E-state index contributed by atoms with van der Waals surface area (Å²) in [6.07, 6.45) is 6.33. The van der Waals surface area contributed by atoms with Crippen molar-refractivity contribution in [3.8, 4) is 0 Å². The zero-order valence-electron chi connectivity index (χ0n) is 12.9. The Morgan fingerprint density at radius 2 is 2.10 bits per heavy atom. The Balaban J connectivity index is 1.67. The van der Waals surface area contributed by atoms with Gasteiger partial charge in [0.05, 0.1) is 5.56 Å². The maximum atomic E-state index is 12.0. The molecule has 0 aliphatic carbocycles. The average Bonchev–Trinajstić information content (AvgIpc) is 3.03. The Bertz CT molecular complexity index is 426. The fourth-order valence-corrected chi connectivity index (χ4v) is 2.50. The zero-order chi connectivity index (χ0) is 14.9. The van der Waals surface area contributed by atoms with Gasteiger partial charge in [-0.2, -0.15) is 0 Å². The van der Waals surface area contributed by atoms with Crippen LogP contribution in [0.3, 0.4) is 0 Å². The first-order valence-electron chi connectivity index (χ1n) is 8.00. The van der Waals surface area contributed by atoms with Gasteiger partial charge in [-0.3, -0.25) is 4.79 Å². The van der Waals surface area contributed by atoms with Gasteiger partial charge in [0.15, 0.2) is 0 Å². The summed E-state index contributed by atoms with van der Waals surface area (Å²) >= 11 is 0. The second-order valence-electron chi connectivity index (χ2n) is 5.52. The van der Waals surface area contributed by atoms with E-state index in [1.807, 2.05) is 12.1 Å². The third-order valence-electron chi connectivity index (χ3n) is 3.72. The molecule has 0 saturated carbocycles. The Morgan fingerprint density at radius 3 is 2.76 bits per heavy atom. The van der Waals surface area contributed by atoms with Crippen LogP contribution in [0.25, 0.3) is 0 Å². The molecule has 1 aliphatic heterocycles. The topological polar surface area (TPSA) is 57.3 Å². The molecule has 1 amide bonds. The number of hydrogen-bond acceptors (Lipinski definition) is 4. The Hall–Kier alpha value is -1.62. The minimum absolute atomic E-state index is 0.0361. The van der Waals surface area contributed by atoms with Crippen LogP contribution in [0.2, 0.25) is 0 Å². The molecule has 5 heteroatoms. The molecule has 0 unspecified atom stereocenters. The summed E-state index contributed by atoms with van der Waals surface area (Å²) in [4.78, 5) is 18.7. The minimum Gasteiger partial charge on any atom is -0.370 e. The van der Waals surface area contributed by atoms with Gasteiger partial charge in [0.25, 0.3) is 5.91 Å². The number of pyridine rings is 1. The predicted molar refractivity (Wildman–Crippen MR) is 85.6 cm³/mol. The van der Waals surface area contributed by atoms with Gasteiger partial charge in [0, 0.05) is 19.3 Å². The number of aromatic nitrogens is 1. The number of nitrogens with zero attached hydrogens (tertiary/aromatic N) is 2. The van der Waals surface area contributed by atoms with Crippen LogP contribution in [0.1, 0.15) is 43.0 Å². The smallest absolute Gasteiger partial charge is 0.252 e. The maximum absolute atomic E-state index is 12.0. The fourth-order valence-electron chi connectivity index (χ4n) is 2.50. The van der Waals surface area contributed by atoms with E-state index in [0.717, 1.165) is 38.3 Å². The summed E-state index contributed by atoms with van der Waals surface area (Å²) in [6.45, 7) is 7.24. The van der Waals surface area contributed by atoms with Crippen LogP contribution >= 0.6 is 0 Å². The van der Waals surface area contributed by atoms with Gasteiger partial charge in [0.1, 0.15) is 5.82 Å². The minimum atomic E-state index is -0.0361. The first kappa shape index (κ1) is 15.8. The predicted octanol–water partition coefficient (Wildman–Crippen LogP) is 2.12. The molecule has 1 saturated heterocycles. The van der Waals surface area contributed by atoms with E-state index in [-0.39, 0.29) is 5.91 Å². The van der Waals surface area contributed by atoms with Gasteiger partial charge in [-0.05, 0) is 57.5 Å². The lowest BCUT2D eigenvalue weighted by atomic mass is 10.2. The van der Waals surface area contributed by atoms with Crippen molar-refractivity contribution in [2.45, 2.75) is 32.6 Å². The molecule has 0 aromatic carbocycles. The molecule has 0 atom stereocenters. The number of carbonyl (C=O) groups is 1. The normalized spacial score (nSPS) is 15.1. The molecule has 1 fully saturated rings. The molecule has 2 N–H and O–H groups in total. The highest BCUT2D eigenvalue weighted by Crippen LogP contribution is 2.07. The fraction of sp³-hybridized carbons (Fsp3) is 0.625. The van der Waals surface area contributed by atoms with Gasteiger partial charge in [-0.15, -0.1) is 0 Å². The van der Waals surface area contributed by atoms with Gasteiger partial charge in [0.2, 0.25) is 0 Å². The van der Waals surface area contributed by atoms with E-state index in [4.69, 9.17) is 0 Å². The SMILES string of the molecule is CCCNc1ccc(C(=O)NCCCN2CCCC2)cn1. The summed E-state index contributed by atoms with van der Waals surface area (Å²) in [5, 5.41) is 6.16. The molecular weight excluding hydrogens is 264 g/mol. The number of amides is 1. The maximum Gasteiger partial charge on any atom is 0.252 e. The second-order valence-corrected chi connectivity index (χ2v) is 5.52. The molecule has 0 bridgehead atoms. The Morgan fingerprint density at radius 1 is 1.29 bits per heavy atom. The molecule has 0 radical (unpaired) electrons. The van der Waals surface area contributed by atoms with Crippen molar-refractivity contribution >= 4 is 11.7 Å². The number of anilines is 1. The zero-order valence-corrected chi connectivity index (χ0v) is 12.9. The van der Waals surface area contributed by atoms with Crippen molar-refractivity contribution in [3.63, 3.8) is 0 Å². The lowest BCUT2D eigenvalue weighted by Crippen LogP contribution is -2.28. The molecule has 2 rings (SSSR count). The van der Waals surface area contributed by atoms with E-state index in [1.165, 1.54) is 25.9 Å². The van der Waals surface area contributed by atoms with Gasteiger partial charge >= 0.3 is 0 Å². The van der Waals surface area contributed by atoms with Crippen LogP contribution in [0.15, 0.2) is 18.3 Å². The molecule has 1 aromatic heterocycles. The molecule has 1 aliphatic rings. The van der Waals surface area contributed by atoms with Crippen LogP contribution in [0, 0.1) is 0 Å². The third kappa shape index (κ3) is 5.34. The van der Waals surface area contributed by atoms with E-state index in [9.17, 15) is 4.79 Å². The highest BCUT2D eigenvalue weighted by molar-refractivity contribution is 5.94. The van der Waals surface area contributed by atoms with E-state index < -0.39 is 0 Å². The summed E-state index contributed by atoms with van der Waals surface area (Å²) in [5.41, 5.74) is 0.623. The Kier molecular flexibility index (Phi) is 6.47. The molecule has 0 spiro atoms. The summed E-state index contributed by atoms with van der Waals surface area (Å²) in [5.74, 6) is 0.786. The monoisotopic (exact) mass is 290 g/mol. The molecule has 2 heterocycles. The van der Waals surface area contributed by atoms with Gasteiger partial charge in [-0.1, -0.05) is 6.92 Å². The van der Waals surface area contributed by atoms with E-state index in [0.29, 0.717) is 5.56 Å². The molecule has 116 valence electrons. The van der Waals surface area contributed by atoms with E-state index in [1.54, 1.807) is 6.20 Å². The van der Waals surface area contributed by atoms with Crippen molar-refractivity contribution in [3.05, 3.63) is 23.9 Å². The second kappa shape index (κ2) is 8.62. The van der Waals surface area contributed by atoms with E-state index in [2.05, 4.69) is 27.4 Å². The van der Waals surface area contributed by atoms with Crippen molar-refractivity contribution in [2.75, 3.05) is 38.0 Å². The summed E-state index contributed by atoms with van der Waals surface area (Å²) < 4.78 is 0. The van der Waals surface area contributed by atoms with Crippen LogP contribution < -0.4 is 10.6 Å². The molecule has 5 nitrogen and oxygen atoms in total. The van der Waals surface area contributed by atoms with Crippen LogP contribution in [-0.2, 0) is 0 Å². The number of likely N-dealkylation sites (tertiary alicyclic amines) is 1. The molecule has 1 aromatic rings. The lowest BCUT2D eigenvalue weighted by molar-refractivity contribution is 0.0951. The largest absolute Gasteiger partial charge is 0.370 e. The van der Waals surface area contributed by atoms with Crippen LogP contribution in [-0.4, -0.2) is 48.5 Å². The quantitative estimate of drug-likeness (QED) is 0.720.